The van der Waals surface area contributed by atoms with Crippen LogP contribution in [0.25, 0.3) is 0 Å². The highest BCUT2D eigenvalue weighted by Crippen LogP contribution is 2.20. The van der Waals surface area contributed by atoms with Gasteiger partial charge in [-0.1, -0.05) is 37.5 Å². The molecule has 0 unspecified atom stereocenters. The number of carbonyl (C=O) groups excluding carboxylic acids is 1. The van der Waals surface area contributed by atoms with Crippen molar-refractivity contribution in [1.29, 1.82) is 0 Å². The summed E-state index contributed by atoms with van der Waals surface area (Å²) in [6, 6.07) is 11.1. The second kappa shape index (κ2) is 8.47. The van der Waals surface area contributed by atoms with Gasteiger partial charge >= 0.3 is 6.16 Å². The average molecular weight is 354 g/mol. The van der Waals surface area contributed by atoms with E-state index in [4.69, 9.17) is 9.84 Å². The van der Waals surface area contributed by atoms with Crippen LogP contribution in [0.15, 0.2) is 42.6 Å². The highest BCUT2D eigenvalue weighted by atomic mass is 16.7. The molecule has 0 atom stereocenters. The molecule has 1 aliphatic rings. The number of aromatic nitrogens is 1. The summed E-state index contributed by atoms with van der Waals surface area (Å²) in [5.41, 5.74) is 2.25. The molecular formula is C20H22N2O4. The zero-order valence-electron chi connectivity index (χ0n) is 14.5. The van der Waals surface area contributed by atoms with Crippen molar-refractivity contribution in [2.75, 3.05) is 0 Å². The molecule has 26 heavy (non-hydrogen) atoms. The standard InChI is InChI=1S/C20H22N2O4/c23-18(22-17-6-2-1-3-7-17)15-10-8-14(9-11-15)13-16-5-4-12-21-19(16)26-20(24)25/h4-5,8-12,17H,1-3,6-7,13H2,(H,22,23)(H,24,25). The van der Waals surface area contributed by atoms with E-state index in [9.17, 15) is 9.59 Å². The molecule has 2 aromatic rings. The zero-order valence-corrected chi connectivity index (χ0v) is 14.5. The van der Waals surface area contributed by atoms with Gasteiger partial charge in [0.15, 0.2) is 0 Å². The first-order valence-electron chi connectivity index (χ1n) is 8.86. The van der Waals surface area contributed by atoms with Gasteiger partial charge in [0.25, 0.3) is 5.91 Å². The van der Waals surface area contributed by atoms with Gasteiger partial charge in [0.2, 0.25) is 5.88 Å². The van der Waals surface area contributed by atoms with Crippen molar-refractivity contribution < 1.29 is 19.4 Å². The van der Waals surface area contributed by atoms with Crippen LogP contribution in [0.4, 0.5) is 4.79 Å². The minimum Gasteiger partial charge on any atom is -0.449 e. The molecule has 0 bridgehead atoms. The fraction of sp³-hybridized carbons (Fsp3) is 0.350. The molecule has 1 aliphatic carbocycles. The Labute approximate surface area is 152 Å². The number of carboxylic acid groups (broad SMARTS) is 1. The number of hydrogen-bond donors (Lipinski definition) is 2. The lowest BCUT2D eigenvalue weighted by atomic mass is 9.95. The van der Waals surface area contributed by atoms with E-state index in [1.165, 1.54) is 25.5 Å². The van der Waals surface area contributed by atoms with Gasteiger partial charge in [-0.15, -0.1) is 0 Å². The van der Waals surface area contributed by atoms with Crippen molar-refractivity contribution in [2.24, 2.45) is 0 Å². The summed E-state index contributed by atoms with van der Waals surface area (Å²) in [5, 5.41) is 11.9. The SMILES string of the molecule is O=C(O)Oc1ncccc1Cc1ccc(C(=O)NC2CCCCC2)cc1. The predicted octanol–water partition coefficient (Wildman–Crippen LogP) is 3.79. The third-order valence-electron chi connectivity index (χ3n) is 4.59. The highest BCUT2D eigenvalue weighted by Gasteiger charge is 2.16. The maximum absolute atomic E-state index is 12.4. The van der Waals surface area contributed by atoms with Gasteiger partial charge < -0.3 is 15.2 Å². The third kappa shape index (κ3) is 4.81. The number of hydrogen-bond acceptors (Lipinski definition) is 4. The molecule has 136 valence electrons. The molecule has 0 saturated heterocycles. The number of benzene rings is 1. The lowest BCUT2D eigenvalue weighted by Crippen LogP contribution is -2.36. The van der Waals surface area contributed by atoms with Crippen molar-refractivity contribution in [1.82, 2.24) is 10.3 Å². The molecule has 0 spiro atoms. The van der Waals surface area contributed by atoms with E-state index < -0.39 is 6.16 Å². The van der Waals surface area contributed by atoms with Crippen LogP contribution < -0.4 is 10.1 Å². The molecular weight excluding hydrogens is 332 g/mol. The van der Waals surface area contributed by atoms with Crippen LogP contribution in [0.1, 0.15) is 53.6 Å². The minimum absolute atomic E-state index is 0.0419. The van der Waals surface area contributed by atoms with Crippen LogP contribution in [-0.2, 0) is 6.42 Å². The number of amides is 1. The number of ether oxygens (including phenoxy) is 1. The lowest BCUT2D eigenvalue weighted by Gasteiger charge is -2.22. The summed E-state index contributed by atoms with van der Waals surface area (Å²) >= 11 is 0. The molecule has 2 N–H and O–H groups in total. The Morgan fingerprint density at radius 1 is 1.12 bits per heavy atom. The summed E-state index contributed by atoms with van der Waals surface area (Å²) in [7, 11) is 0. The van der Waals surface area contributed by atoms with Crippen molar-refractivity contribution in [3.05, 3.63) is 59.3 Å². The van der Waals surface area contributed by atoms with Crippen LogP contribution >= 0.6 is 0 Å². The van der Waals surface area contributed by atoms with Crippen molar-refractivity contribution in [3.8, 4) is 5.88 Å². The Bertz CT molecular complexity index is 768. The molecule has 3 rings (SSSR count). The first-order chi connectivity index (χ1) is 12.6. The molecule has 0 aliphatic heterocycles. The summed E-state index contributed by atoms with van der Waals surface area (Å²) in [6.07, 6.45) is 6.28. The molecule has 1 fully saturated rings. The predicted molar refractivity (Wildman–Crippen MR) is 96.5 cm³/mol. The first-order valence-corrected chi connectivity index (χ1v) is 8.86. The van der Waals surface area contributed by atoms with Crippen molar-refractivity contribution in [3.63, 3.8) is 0 Å². The van der Waals surface area contributed by atoms with Crippen LogP contribution in [0.3, 0.4) is 0 Å². The Hall–Kier alpha value is -2.89. The summed E-state index contributed by atoms with van der Waals surface area (Å²) < 4.78 is 4.71. The number of carbonyl (C=O) groups is 2. The smallest absolute Gasteiger partial charge is 0.449 e. The number of nitrogens with zero attached hydrogens (tertiary/aromatic N) is 1. The Morgan fingerprint density at radius 3 is 2.54 bits per heavy atom. The monoisotopic (exact) mass is 354 g/mol. The molecule has 6 heteroatoms. The second-order valence-corrected chi connectivity index (χ2v) is 6.52. The minimum atomic E-state index is -1.39. The topological polar surface area (TPSA) is 88.5 Å². The molecule has 1 amide bonds. The van der Waals surface area contributed by atoms with Gasteiger partial charge in [-0.05, 0) is 36.6 Å². The zero-order chi connectivity index (χ0) is 18.4. The maximum atomic E-state index is 12.4. The molecule has 1 aromatic carbocycles. The van der Waals surface area contributed by atoms with Crippen LogP contribution in [0, 0.1) is 0 Å². The van der Waals surface area contributed by atoms with Crippen LogP contribution in [-0.4, -0.2) is 28.2 Å². The quantitative estimate of drug-likeness (QED) is 0.798. The fourth-order valence-electron chi connectivity index (χ4n) is 3.24. The van der Waals surface area contributed by atoms with E-state index >= 15 is 0 Å². The highest BCUT2D eigenvalue weighted by molar-refractivity contribution is 5.94. The van der Waals surface area contributed by atoms with Crippen LogP contribution in [0.2, 0.25) is 0 Å². The van der Waals surface area contributed by atoms with E-state index in [0.29, 0.717) is 17.5 Å². The Kier molecular flexibility index (Phi) is 5.84. The molecule has 0 radical (unpaired) electrons. The Balaban J connectivity index is 1.64. The third-order valence-corrected chi connectivity index (χ3v) is 4.59. The average Bonchev–Trinajstić information content (AvgIpc) is 2.64. The summed E-state index contributed by atoms with van der Waals surface area (Å²) in [5.74, 6) is 0.0406. The second-order valence-electron chi connectivity index (χ2n) is 6.52. The number of rotatable bonds is 5. The number of pyridine rings is 1. The summed E-state index contributed by atoms with van der Waals surface area (Å²) in [6.45, 7) is 0. The molecule has 1 aromatic heterocycles. The van der Waals surface area contributed by atoms with Gasteiger partial charge in [0.05, 0.1) is 0 Å². The number of nitrogens with one attached hydrogen (secondary N) is 1. The fourth-order valence-corrected chi connectivity index (χ4v) is 3.24. The van der Waals surface area contributed by atoms with Gasteiger partial charge in [-0.25, -0.2) is 9.78 Å². The van der Waals surface area contributed by atoms with E-state index in [-0.39, 0.29) is 17.8 Å². The maximum Gasteiger partial charge on any atom is 0.512 e. The largest absolute Gasteiger partial charge is 0.512 e. The van der Waals surface area contributed by atoms with Crippen molar-refractivity contribution >= 4 is 12.1 Å². The lowest BCUT2D eigenvalue weighted by molar-refractivity contribution is 0.0927. The van der Waals surface area contributed by atoms with Gasteiger partial charge in [0.1, 0.15) is 0 Å². The van der Waals surface area contributed by atoms with Crippen molar-refractivity contribution in [2.45, 2.75) is 44.6 Å². The molecule has 6 nitrogen and oxygen atoms in total. The van der Waals surface area contributed by atoms with E-state index in [0.717, 1.165) is 18.4 Å². The van der Waals surface area contributed by atoms with E-state index in [1.54, 1.807) is 24.3 Å². The summed E-state index contributed by atoms with van der Waals surface area (Å²) in [4.78, 5) is 27.1. The van der Waals surface area contributed by atoms with Crippen LogP contribution in [0.5, 0.6) is 5.88 Å². The van der Waals surface area contributed by atoms with E-state index in [1.807, 2.05) is 12.1 Å². The first kappa shape index (κ1) is 17.9. The Morgan fingerprint density at radius 2 is 1.85 bits per heavy atom. The van der Waals surface area contributed by atoms with E-state index in [2.05, 4.69) is 10.3 Å². The van der Waals surface area contributed by atoms with Gasteiger partial charge in [0, 0.05) is 29.8 Å². The van der Waals surface area contributed by atoms with Gasteiger partial charge in [-0.3, -0.25) is 4.79 Å². The molecule has 1 heterocycles. The van der Waals surface area contributed by atoms with Gasteiger partial charge in [-0.2, -0.15) is 0 Å². The normalized spacial score (nSPS) is 14.6. The molecule has 1 saturated carbocycles.